The summed E-state index contributed by atoms with van der Waals surface area (Å²) in [4.78, 5) is 12.7. The highest BCUT2D eigenvalue weighted by Crippen LogP contribution is 2.34. The third kappa shape index (κ3) is 6.25. The first-order chi connectivity index (χ1) is 15.9. The zero-order valence-electron chi connectivity index (χ0n) is 19.8. The molecule has 2 aromatic carbocycles. The summed E-state index contributed by atoms with van der Waals surface area (Å²) >= 11 is 0. The molecule has 1 N–H and O–H groups in total. The molecule has 0 fully saturated rings. The second-order valence-electron chi connectivity index (χ2n) is 7.82. The molecule has 1 atom stereocenters. The molecular weight excluding hydrogens is 422 g/mol. The van der Waals surface area contributed by atoms with E-state index in [1.54, 1.807) is 6.92 Å². The van der Waals surface area contributed by atoms with Gasteiger partial charge in [0, 0.05) is 5.56 Å². The van der Waals surface area contributed by atoms with Crippen LogP contribution < -0.4 is 19.5 Å². The number of anilines is 1. The monoisotopic (exact) mass is 453 g/mol. The first-order valence-electron chi connectivity index (χ1n) is 11.2. The average molecular weight is 454 g/mol. The van der Waals surface area contributed by atoms with E-state index < -0.39 is 6.10 Å². The predicted molar refractivity (Wildman–Crippen MR) is 126 cm³/mol. The lowest BCUT2D eigenvalue weighted by atomic mass is 10.1. The molecule has 0 aliphatic carbocycles. The Morgan fingerprint density at radius 2 is 1.70 bits per heavy atom. The predicted octanol–water partition coefficient (Wildman–Crippen LogP) is 5.34. The van der Waals surface area contributed by atoms with Gasteiger partial charge in [0.05, 0.1) is 13.2 Å². The van der Waals surface area contributed by atoms with Crippen LogP contribution in [0.3, 0.4) is 0 Å². The van der Waals surface area contributed by atoms with Crippen molar-refractivity contribution in [3.05, 3.63) is 47.5 Å². The highest BCUT2D eigenvalue weighted by Gasteiger charge is 2.21. The lowest BCUT2D eigenvalue weighted by Gasteiger charge is -2.15. The average Bonchev–Trinajstić information content (AvgIpc) is 3.27. The molecular formula is C25H31N3O5. The van der Waals surface area contributed by atoms with E-state index in [4.69, 9.17) is 18.8 Å². The molecule has 0 saturated carbocycles. The van der Waals surface area contributed by atoms with Crippen LogP contribution in [-0.4, -0.2) is 35.5 Å². The van der Waals surface area contributed by atoms with Crippen molar-refractivity contribution in [2.75, 3.05) is 18.5 Å². The Morgan fingerprint density at radius 3 is 2.39 bits per heavy atom. The van der Waals surface area contributed by atoms with Gasteiger partial charge in [-0.05, 0) is 85.4 Å². The lowest BCUT2D eigenvalue weighted by Crippen LogP contribution is -2.30. The quantitative estimate of drug-likeness (QED) is 0.419. The van der Waals surface area contributed by atoms with Gasteiger partial charge in [0.1, 0.15) is 5.75 Å². The number of hydrogen-bond acceptors (Lipinski definition) is 7. The number of benzene rings is 2. The number of nitrogens with zero attached hydrogens (tertiary/aromatic N) is 2. The van der Waals surface area contributed by atoms with E-state index in [0.717, 1.165) is 24.0 Å². The number of amides is 1. The normalized spacial score (nSPS) is 11.7. The minimum absolute atomic E-state index is 0.208. The van der Waals surface area contributed by atoms with E-state index in [0.29, 0.717) is 41.7 Å². The highest BCUT2D eigenvalue weighted by atomic mass is 16.6. The fourth-order valence-corrected chi connectivity index (χ4v) is 3.03. The number of hydrogen-bond donors (Lipinski definition) is 1. The summed E-state index contributed by atoms with van der Waals surface area (Å²) in [5.74, 6) is 1.73. The molecule has 8 heteroatoms. The Hall–Kier alpha value is -3.55. The maximum absolute atomic E-state index is 12.7. The first-order valence-corrected chi connectivity index (χ1v) is 11.2. The number of carbonyl (C=O) groups excluding carboxylic acids is 1. The Bertz CT molecular complexity index is 1080. The van der Waals surface area contributed by atoms with E-state index in [1.165, 1.54) is 0 Å². The minimum atomic E-state index is -0.745. The summed E-state index contributed by atoms with van der Waals surface area (Å²) in [6.07, 6.45) is 1.01. The first kappa shape index (κ1) is 24.1. The molecule has 33 heavy (non-hydrogen) atoms. The molecule has 0 bridgehead atoms. The number of aromatic nitrogens is 2. The number of nitrogens with one attached hydrogen (secondary N) is 1. The molecule has 3 rings (SSSR count). The molecule has 0 radical (unpaired) electrons. The lowest BCUT2D eigenvalue weighted by molar-refractivity contribution is -0.122. The maximum Gasteiger partial charge on any atom is 0.266 e. The van der Waals surface area contributed by atoms with Gasteiger partial charge in [0.25, 0.3) is 5.91 Å². The summed E-state index contributed by atoms with van der Waals surface area (Å²) < 4.78 is 22.4. The van der Waals surface area contributed by atoms with Crippen molar-refractivity contribution in [2.24, 2.45) is 0 Å². The van der Waals surface area contributed by atoms with Gasteiger partial charge in [-0.2, -0.15) is 0 Å². The molecule has 176 valence electrons. The van der Waals surface area contributed by atoms with Crippen molar-refractivity contribution in [2.45, 2.75) is 53.6 Å². The van der Waals surface area contributed by atoms with Crippen LogP contribution in [0.2, 0.25) is 0 Å². The fourth-order valence-electron chi connectivity index (χ4n) is 3.03. The van der Waals surface area contributed by atoms with Gasteiger partial charge < -0.3 is 19.5 Å². The van der Waals surface area contributed by atoms with Crippen molar-refractivity contribution in [1.82, 2.24) is 10.3 Å². The highest BCUT2D eigenvalue weighted by molar-refractivity contribution is 5.96. The van der Waals surface area contributed by atoms with Gasteiger partial charge in [0.15, 0.2) is 23.3 Å². The number of carbonyl (C=O) groups is 1. The Balaban J connectivity index is 1.75. The van der Waals surface area contributed by atoms with Crippen molar-refractivity contribution < 1.29 is 23.6 Å². The van der Waals surface area contributed by atoms with Crippen LogP contribution in [0.25, 0.3) is 11.3 Å². The Morgan fingerprint density at radius 1 is 0.970 bits per heavy atom. The van der Waals surface area contributed by atoms with E-state index in [-0.39, 0.29) is 11.7 Å². The van der Waals surface area contributed by atoms with Crippen LogP contribution in [0.15, 0.2) is 41.0 Å². The molecule has 8 nitrogen and oxygen atoms in total. The SMILES string of the molecule is CCCOc1ccc(-c2nonc2NC(=O)C(C)Oc2ccc(C)c(C)c2)cc1OCCC. The van der Waals surface area contributed by atoms with Crippen LogP contribution in [0.4, 0.5) is 5.82 Å². The van der Waals surface area contributed by atoms with Gasteiger partial charge in [0.2, 0.25) is 5.82 Å². The van der Waals surface area contributed by atoms with Crippen LogP contribution in [0.1, 0.15) is 44.7 Å². The summed E-state index contributed by atoms with van der Waals surface area (Å²) in [6.45, 7) is 10.9. The van der Waals surface area contributed by atoms with Crippen LogP contribution in [0, 0.1) is 13.8 Å². The number of aryl methyl sites for hydroxylation is 2. The third-order valence-electron chi connectivity index (χ3n) is 5.03. The Kier molecular flexibility index (Phi) is 8.29. The number of ether oxygens (including phenoxy) is 3. The number of rotatable bonds is 11. The second-order valence-corrected chi connectivity index (χ2v) is 7.82. The summed E-state index contributed by atoms with van der Waals surface area (Å²) in [5, 5.41) is 10.6. The molecule has 0 saturated heterocycles. The molecule has 0 spiro atoms. The molecule has 3 aromatic rings. The van der Waals surface area contributed by atoms with Crippen molar-refractivity contribution in [1.29, 1.82) is 0 Å². The molecule has 1 unspecified atom stereocenters. The minimum Gasteiger partial charge on any atom is -0.490 e. The molecule has 1 heterocycles. The fraction of sp³-hybridized carbons (Fsp3) is 0.400. The van der Waals surface area contributed by atoms with Gasteiger partial charge in [-0.1, -0.05) is 19.9 Å². The Labute approximate surface area is 194 Å². The largest absolute Gasteiger partial charge is 0.490 e. The maximum atomic E-state index is 12.7. The standard InChI is InChI=1S/C25H31N3O5/c1-6-12-30-21-11-9-19(15-22(21)31-13-7-2)23-24(28-33-27-23)26-25(29)18(5)32-20-10-8-16(3)17(4)14-20/h8-11,14-15,18H,6-7,12-13H2,1-5H3,(H,26,28,29). The topological polar surface area (TPSA) is 95.7 Å². The smallest absolute Gasteiger partial charge is 0.266 e. The van der Waals surface area contributed by atoms with E-state index >= 15 is 0 Å². The van der Waals surface area contributed by atoms with Gasteiger partial charge >= 0.3 is 0 Å². The van der Waals surface area contributed by atoms with E-state index in [2.05, 4.69) is 15.6 Å². The summed E-state index contributed by atoms with van der Waals surface area (Å²) in [6, 6.07) is 11.2. The summed E-state index contributed by atoms with van der Waals surface area (Å²) in [5.41, 5.74) is 3.33. The molecule has 1 aromatic heterocycles. The molecule has 1 amide bonds. The summed E-state index contributed by atoms with van der Waals surface area (Å²) in [7, 11) is 0. The van der Waals surface area contributed by atoms with Crippen LogP contribution >= 0.6 is 0 Å². The van der Waals surface area contributed by atoms with Gasteiger partial charge in [-0.25, -0.2) is 4.63 Å². The zero-order chi connectivity index (χ0) is 23.8. The van der Waals surface area contributed by atoms with Gasteiger partial charge in [-0.15, -0.1) is 0 Å². The molecule has 0 aliphatic heterocycles. The van der Waals surface area contributed by atoms with Crippen molar-refractivity contribution >= 4 is 11.7 Å². The zero-order valence-corrected chi connectivity index (χ0v) is 19.8. The van der Waals surface area contributed by atoms with Crippen LogP contribution in [-0.2, 0) is 4.79 Å². The van der Waals surface area contributed by atoms with Crippen molar-refractivity contribution in [3.8, 4) is 28.5 Å². The molecule has 0 aliphatic rings. The van der Waals surface area contributed by atoms with E-state index in [1.807, 2.05) is 64.1 Å². The van der Waals surface area contributed by atoms with Crippen molar-refractivity contribution in [3.63, 3.8) is 0 Å². The van der Waals surface area contributed by atoms with E-state index in [9.17, 15) is 4.79 Å². The van der Waals surface area contributed by atoms with Gasteiger partial charge in [-0.3, -0.25) is 4.79 Å². The third-order valence-corrected chi connectivity index (χ3v) is 5.03. The van der Waals surface area contributed by atoms with Crippen LogP contribution in [0.5, 0.6) is 17.2 Å². The second kappa shape index (κ2) is 11.4.